The van der Waals surface area contributed by atoms with Crippen molar-refractivity contribution >= 4 is 33.2 Å². The van der Waals surface area contributed by atoms with Gasteiger partial charge in [-0.05, 0) is 57.0 Å². The summed E-state index contributed by atoms with van der Waals surface area (Å²) in [5, 5.41) is 0. The Labute approximate surface area is 150 Å². The van der Waals surface area contributed by atoms with Gasteiger partial charge in [-0.15, -0.1) is 0 Å². The number of amides is 1. The van der Waals surface area contributed by atoms with Crippen molar-refractivity contribution in [1.29, 1.82) is 0 Å². The van der Waals surface area contributed by atoms with E-state index in [2.05, 4.69) is 42.5 Å². The van der Waals surface area contributed by atoms with E-state index in [4.69, 9.17) is 0 Å². The Morgan fingerprint density at radius 1 is 1.08 bits per heavy atom. The van der Waals surface area contributed by atoms with Crippen molar-refractivity contribution in [2.24, 2.45) is 4.99 Å². The number of hydrogen-bond acceptors (Lipinski definition) is 3. The Morgan fingerprint density at radius 3 is 2.32 bits per heavy atom. The van der Waals surface area contributed by atoms with Gasteiger partial charge < -0.3 is 4.57 Å². The number of ketones is 1. The third-order valence-electron chi connectivity index (χ3n) is 4.17. The quantitative estimate of drug-likeness (QED) is 0.661. The van der Waals surface area contributed by atoms with Gasteiger partial charge in [0.25, 0.3) is 5.91 Å². The number of benzene rings is 2. The summed E-state index contributed by atoms with van der Waals surface area (Å²) >= 11 is 1.54. The first-order valence-corrected chi connectivity index (χ1v) is 9.03. The number of hydrogen-bond donors (Lipinski definition) is 0. The molecule has 1 aromatic heterocycles. The van der Waals surface area contributed by atoms with Crippen LogP contribution >= 0.6 is 11.3 Å². The third kappa shape index (κ3) is 3.33. The van der Waals surface area contributed by atoms with Crippen molar-refractivity contribution in [2.75, 3.05) is 0 Å². The molecule has 0 bridgehead atoms. The third-order valence-corrected chi connectivity index (χ3v) is 5.40. The van der Waals surface area contributed by atoms with E-state index < -0.39 is 0 Å². The molecule has 3 aromatic rings. The van der Waals surface area contributed by atoms with Crippen LogP contribution in [0.15, 0.2) is 41.4 Å². The maximum Gasteiger partial charge on any atom is 0.279 e. The summed E-state index contributed by atoms with van der Waals surface area (Å²) in [5.41, 5.74) is 4.58. The molecule has 1 amide bonds. The number of thiazole rings is 1. The molecule has 0 saturated heterocycles. The highest BCUT2D eigenvalue weighted by atomic mass is 32.1. The highest BCUT2D eigenvalue weighted by Crippen LogP contribution is 2.23. The van der Waals surface area contributed by atoms with Crippen molar-refractivity contribution in [1.82, 2.24) is 4.57 Å². The van der Waals surface area contributed by atoms with Gasteiger partial charge in [0.2, 0.25) is 0 Å². The highest BCUT2D eigenvalue weighted by Gasteiger charge is 2.11. The lowest BCUT2D eigenvalue weighted by Gasteiger charge is -2.03. The first-order chi connectivity index (χ1) is 11.9. The van der Waals surface area contributed by atoms with Gasteiger partial charge in [-0.25, -0.2) is 0 Å². The molecule has 5 heteroatoms. The number of aromatic nitrogens is 1. The van der Waals surface area contributed by atoms with Crippen molar-refractivity contribution < 1.29 is 9.59 Å². The van der Waals surface area contributed by atoms with Gasteiger partial charge in [0.15, 0.2) is 10.6 Å². The van der Waals surface area contributed by atoms with Crippen molar-refractivity contribution in [3.05, 3.63) is 63.5 Å². The Kier molecular flexibility index (Phi) is 4.68. The predicted octanol–water partition coefficient (Wildman–Crippen LogP) is 4.28. The number of carbonyl (C=O) groups is 2. The Hall–Kier alpha value is -2.53. The largest absolute Gasteiger partial charge is 0.317 e. The van der Waals surface area contributed by atoms with Crippen molar-refractivity contribution in [2.45, 2.75) is 34.2 Å². The van der Waals surface area contributed by atoms with E-state index in [-0.39, 0.29) is 11.7 Å². The molecule has 0 atom stereocenters. The lowest BCUT2D eigenvalue weighted by Crippen LogP contribution is -2.16. The molecule has 0 saturated carbocycles. The zero-order chi connectivity index (χ0) is 18.1. The molecule has 0 aliphatic heterocycles. The molecule has 25 heavy (non-hydrogen) atoms. The van der Waals surface area contributed by atoms with E-state index in [0.29, 0.717) is 15.9 Å². The van der Waals surface area contributed by atoms with Crippen LogP contribution in [0.4, 0.5) is 0 Å². The molecule has 1 heterocycles. The normalized spacial score (nSPS) is 11.9. The summed E-state index contributed by atoms with van der Waals surface area (Å²) in [7, 11) is 0. The van der Waals surface area contributed by atoms with Crippen LogP contribution in [-0.2, 0) is 6.54 Å². The van der Waals surface area contributed by atoms with Crippen LogP contribution in [0.1, 0.15) is 45.7 Å². The minimum Gasteiger partial charge on any atom is -0.317 e. The molecular weight excluding hydrogens is 332 g/mol. The first-order valence-electron chi connectivity index (χ1n) is 8.21. The Bertz CT molecular complexity index is 1040. The Morgan fingerprint density at radius 2 is 1.72 bits per heavy atom. The molecule has 0 fully saturated rings. The standard InChI is InChI=1S/C20H20N2O2S/c1-5-22-17-11-12(2)10-13(3)18(17)25-20(22)21-19(24)16-8-6-15(7-9-16)14(4)23/h6-11H,5H2,1-4H3. The first kappa shape index (κ1) is 17.3. The van der Waals surface area contributed by atoms with Gasteiger partial charge in [0.05, 0.1) is 10.2 Å². The van der Waals surface area contributed by atoms with Crippen LogP contribution in [-0.4, -0.2) is 16.3 Å². The second-order valence-electron chi connectivity index (χ2n) is 6.11. The molecule has 0 N–H and O–H groups in total. The van der Waals surface area contributed by atoms with E-state index in [9.17, 15) is 9.59 Å². The number of nitrogens with zero attached hydrogens (tertiary/aromatic N) is 2. The van der Waals surface area contributed by atoms with Gasteiger partial charge in [-0.1, -0.05) is 29.5 Å². The summed E-state index contributed by atoms with van der Waals surface area (Å²) in [6.45, 7) is 8.46. The average molecular weight is 352 g/mol. The fourth-order valence-corrected chi connectivity index (χ4v) is 4.04. The maximum absolute atomic E-state index is 12.5. The number of carbonyl (C=O) groups excluding carboxylic acids is 2. The van der Waals surface area contributed by atoms with E-state index in [1.54, 1.807) is 24.3 Å². The smallest absolute Gasteiger partial charge is 0.279 e. The van der Waals surface area contributed by atoms with Gasteiger partial charge >= 0.3 is 0 Å². The minimum absolute atomic E-state index is 0.0184. The van der Waals surface area contributed by atoms with Crippen molar-refractivity contribution in [3.8, 4) is 0 Å². The molecule has 0 aliphatic rings. The lowest BCUT2D eigenvalue weighted by atomic mass is 10.1. The van der Waals surface area contributed by atoms with Gasteiger partial charge in [-0.3, -0.25) is 9.59 Å². The summed E-state index contributed by atoms with van der Waals surface area (Å²) < 4.78 is 3.23. The topological polar surface area (TPSA) is 51.4 Å². The number of rotatable bonds is 3. The molecule has 0 unspecified atom stereocenters. The summed E-state index contributed by atoms with van der Waals surface area (Å²) in [4.78, 5) is 28.9. The summed E-state index contributed by atoms with van der Waals surface area (Å²) in [6, 6.07) is 10.9. The van der Waals surface area contributed by atoms with Crippen LogP contribution in [0.5, 0.6) is 0 Å². The SMILES string of the molecule is CCn1c(=NC(=O)c2ccc(C(C)=O)cc2)sc2c(C)cc(C)cc21. The second kappa shape index (κ2) is 6.76. The monoisotopic (exact) mass is 352 g/mol. The van der Waals surface area contributed by atoms with E-state index in [1.807, 2.05) is 0 Å². The van der Waals surface area contributed by atoms with Crippen molar-refractivity contribution in [3.63, 3.8) is 0 Å². The molecule has 2 aromatic carbocycles. The lowest BCUT2D eigenvalue weighted by molar-refractivity contribution is 0.0991. The van der Waals surface area contributed by atoms with Gasteiger partial charge in [0.1, 0.15) is 0 Å². The van der Waals surface area contributed by atoms with E-state index >= 15 is 0 Å². The van der Waals surface area contributed by atoms with Gasteiger partial charge in [0, 0.05) is 17.7 Å². The molecule has 0 radical (unpaired) electrons. The van der Waals surface area contributed by atoms with Crippen LogP contribution < -0.4 is 4.80 Å². The van der Waals surface area contributed by atoms with Crippen LogP contribution in [0.3, 0.4) is 0 Å². The predicted molar refractivity (Wildman–Crippen MR) is 101 cm³/mol. The second-order valence-corrected chi connectivity index (χ2v) is 7.09. The summed E-state index contributed by atoms with van der Waals surface area (Å²) in [6.07, 6.45) is 0. The summed E-state index contributed by atoms with van der Waals surface area (Å²) in [5.74, 6) is -0.312. The van der Waals surface area contributed by atoms with Crippen LogP contribution in [0.25, 0.3) is 10.2 Å². The van der Waals surface area contributed by atoms with Crippen LogP contribution in [0, 0.1) is 13.8 Å². The number of fused-ring (bicyclic) bond motifs is 1. The average Bonchev–Trinajstić information content (AvgIpc) is 2.92. The molecule has 0 aliphatic carbocycles. The number of aryl methyl sites for hydroxylation is 3. The van der Waals surface area contributed by atoms with Crippen LogP contribution in [0.2, 0.25) is 0 Å². The number of Topliss-reactive ketones (excluding diaryl/α,β-unsaturated/α-hetero) is 1. The van der Waals surface area contributed by atoms with E-state index in [1.165, 1.54) is 29.4 Å². The fraction of sp³-hybridized carbons (Fsp3) is 0.250. The highest BCUT2D eigenvalue weighted by molar-refractivity contribution is 7.16. The van der Waals surface area contributed by atoms with E-state index in [0.717, 1.165) is 16.8 Å². The zero-order valence-electron chi connectivity index (χ0n) is 14.8. The molecule has 3 rings (SSSR count). The molecule has 128 valence electrons. The fourth-order valence-electron chi connectivity index (χ4n) is 2.90. The maximum atomic E-state index is 12.5. The minimum atomic E-state index is -0.293. The molecule has 4 nitrogen and oxygen atoms in total. The Balaban J connectivity index is 2.10. The van der Waals surface area contributed by atoms with Gasteiger partial charge in [-0.2, -0.15) is 4.99 Å². The zero-order valence-corrected chi connectivity index (χ0v) is 15.6. The molecule has 0 spiro atoms. The molecular formula is C20H20N2O2S.